The minimum absolute atomic E-state index is 0. The molecule has 2 saturated carbocycles. The summed E-state index contributed by atoms with van der Waals surface area (Å²) >= 11 is 0. The molecule has 0 saturated heterocycles. The molecule has 0 atom stereocenters. The van der Waals surface area contributed by atoms with Crippen LogP contribution in [0.2, 0.25) is 0 Å². The SMILES string of the molecule is [CH-]1C2CCC1CC2.[Li+].[Li+]. The maximum absolute atomic E-state index is 2.56. The standard InChI is InChI=1S/C7H11.2Li/c1-2-7-4-3-6(1)5-7;;/h5-7H,1-4H2;;/q-1;2*+1. The fraction of sp³-hybridized carbons (Fsp3) is 0.857. The van der Waals surface area contributed by atoms with Gasteiger partial charge in [-0.25, -0.2) is 0 Å². The molecule has 40 valence electrons. The molecule has 2 aliphatic carbocycles. The summed E-state index contributed by atoms with van der Waals surface area (Å²) in [5.41, 5.74) is 0. The molecule has 9 heavy (non-hydrogen) atoms. The molecule has 0 radical (unpaired) electrons. The van der Waals surface area contributed by atoms with Gasteiger partial charge in [0.1, 0.15) is 0 Å². The summed E-state index contributed by atoms with van der Waals surface area (Å²) in [6.45, 7) is 0. The Bertz CT molecular complexity index is 65.0. The van der Waals surface area contributed by atoms with Gasteiger partial charge < -0.3 is 6.42 Å². The van der Waals surface area contributed by atoms with Gasteiger partial charge in [0.15, 0.2) is 0 Å². The van der Waals surface area contributed by atoms with Gasteiger partial charge in [-0.3, -0.25) is 0 Å². The Balaban J connectivity index is 0.000000320. The van der Waals surface area contributed by atoms with Gasteiger partial charge in [-0.2, -0.15) is 11.8 Å². The Kier molecular flexibility index (Phi) is 4.70. The van der Waals surface area contributed by atoms with Crippen molar-refractivity contribution >= 4 is 0 Å². The van der Waals surface area contributed by atoms with Crippen LogP contribution in [0, 0.1) is 18.3 Å². The van der Waals surface area contributed by atoms with Crippen molar-refractivity contribution in [1.82, 2.24) is 0 Å². The third kappa shape index (κ3) is 2.06. The van der Waals surface area contributed by atoms with Crippen molar-refractivity contribution in [1.29, 1.82) is 0 Å². The van der Waals surface area contributed by atoms with Gasteiger partial charge in [-0.1, -0.05) is 25.7 Å². The van der Waals surface area contributed by atoms with Crippen molar-refractivity contribution in [2.75, 3.05) is 0 Å². The van der Waals surface area contributed by atoms with Crippen LogP contribution in [0.15, 0.2) is 0 Å². The van der Waals surface area contributed by atoms with Crippen LogP contribution in [-0.4, -0.2) is 0 Å². The molecule has 2 heteroatoms. The smallest absolute Gasteiger partial charge is 0.322 e. The molecule has 0 unspecified atom stereocenters. The normalized spacial score (nSPS) is 37.3. The first kappa shape index (κ1) is 10.2. The van der Waals surface area contributed by atoms with Gasteiger partial charge in [-0.15, -0.1) is 0 Å². The van der Waals surface area contributed by atoms with E-state index in [2.05, 4.69) is 6.42 Å². The zero-order valence-electron chi connectivity index (χ0n) is 6.56. The van der Waals surface area contributed by atoms with Crippen molar-refractivity contribution in [3.8, 4) is 0 Å². The van der Waals surface area contributed by atoms with E-state index in [4.69, 9.17) is 0 Å². The van der Waals surface area contributed by atoms with E-state index >= 15 is 0 Å². The van der Waals surface area contributed by atoms with Crippen molar-refractivity contribution in [2.24, 2.45) is 11.8 Å². The molecule has 0 spiro atoms. The molecular weight excluding hydrogens is 98.0 g/mol. The molecule has 0 aromatic rings. The maximum Gasteiger partial charge on any atom is 1.00 e. The van der Waals surface area contributed by atoms with Gasteiger partial charge in [0.2, 0.25) is 0 Å². The van der Waals surface area contributed by atoms with Crippen LogP contribution in [0.5, 0.6) is 0 Å². The van der Waals surface area contributed by atoms with Crippen LogP contribution in [0.25, 0.3) is 0 Å². The molecule has 2 bridgehead atoms. The minimum Gasteiger partial charge on any atom is -0.322 e. The van der Waals surface area contributed by atoms with E-state index < -0.39 is 0 Å². The van der Waals surface area contributed by atoms with Crippen molar-refractivity contribution in [3.05, 3.63) is 6.42 Å². The fourth-order valence-corrected chi connectivity index (χ4v) is 1.91. The van der Waals surface area contributed by atoms with Gasteiger partial charge in [-0.05, 0) is 0 Å². The van der Waals surface area contributed by atoms with Crippen molar-refractivity contribution < 1.29 is 37.7 Å². The van der Waals surface area contributed by atoms with Gasteiger partial charge in [0.25, 0.3) is 0 Å². The second-order valence-corrected chi connectivity index (χ2v) is 2.87. The van der Waals surface area contributed by atoms with Crippen LogP contribution in [0.3, 0.4) is 0 Å². The molecule has 0 nitrogen and oxygen atoms in total. The molecule has 0 aromatic carbocycles. The van der Waals surface area contributed by atoms with E-state index in [0.29, 0.717) is 0 Å². The molecule has 0 amide bonds. The van der Waals surface area contributed by atoms with Crippen LogP contribution in [0.1, 0.15) is 25.7 Å². The van der Waals surface area contributed by atoms with E-state index in [9.17, 15) is 0 Å². The summed E-state index contributed by atoms with van der Waals surface area (Å²) in [5, 5.41) is 0. The summed E-state index contributed by atoms with van der Waals surface area (Å²) in [7, 11) is 0. The predicted molar refractivity (Wildman–Crippen MR) is 29.7 cm³/mol. The summed E-state index contributed by atoms with van der Waals surface area (Å²) in [4.78, 5) is 0. The van der Waals surface area contributed by atoms with Crippen LogP contribution in [-0.2, 0) is 0 Å². The summed E-state index contributed by atoms with van der Waals surface area (Å²) in [6.07, 6.45) is 8.57. The maximum atomic E-state index is 2.56. The topological polar surface area (TPSA) is 0 Å². The van der Waals surface area contributed by atoms with E-state index in [1.807, 2.05) is 0 Å². The van der Waals surface area contributed by atoms with E-state index in [-0.39, 0.29) is 37.7 Å². The van der Waals surface area contributed by atoms with E-state index in [1.54, 1.807) is 0 Å². The second-order valence-electron chi connectivity index (χ2n) is 2.87. The van der Waals surface area contributed by atoms with E-state index in [0.717, 1.165) is 11.8 Å². The molecule has 0 N–H and O–H groups in total. The molecule has 2 fully saturated rings. The third-order valence-electron chi connectivity index (χ3n) is 2.36. The van der Waals surface area contributed by atoms with Crippen LogP contribution in [0.4, 0.5) is 0 Å². The first-order valence-corrected chi connectivity index (χ1v) is 3.30. The Labute approximate surface area is 81.5 Å². The largest absolute Gasteiger partial charge is 1.00 e. The Morgan fingerprint density at radius 2 is 1.11 bits per heavy atom. The fourth-order valence-electron chi connectivity index (χ4n) is 1.91. The number of hydrogen-bond acceptors (Lipinski definition) is 0. The molecule has 2 aliphatic rings. The number of rotatable bonds is 0. The zero-order chi connectivity index (χ0) is 4.69. The molecular formula is C7H11Li2+. The third-order valence-corrected chi connectivity index (χ3v) is 2.36. The number of fused-ring (bicyclic) bond motifs is 2. The average molecular weight is 109 g/mol. The predicted octanol–water partition coefficient (Wildman–Crippen LogP) is -3.98. The molecule has 0 aliphatic heterocycles. The summed E-state index contributed by atoms with van der Waals surface area (Å²) < 4.78 is 0. The first-order valence-electron chi connectivity index (χ1n) is 3.30. The van der Waals surface area contributed by atoms with Crippen molar-refractivity contribution in [3.63, 3.8) is 0 Å². The molecule has 0 heterocycles. The quantitative estimate of drug-likeness (QED) is 0.220. The first-order chi connectivity index (χ1) is 3.45. The van der Waals surface area contributed by atoms with Gasteiger partial charge in [0.05, 0.1) is 0 Å². The Morgan fingerprint density at radius 1 is 0.778 bits per heavy atom. The second kappa shape index (κ2) is 4.15. The van der Waals surface area contributed by atoms with Crippen LogP contribution >= 0.6 is 0 Å². The Hall–Kier alpha value is 1.19. The Morgan fingerprint density at radius 3 is 1.22 bits per heavy atom. The van der Waals surface area contributed by atoms with Gasteiger partial charge >= 0.3 is 37.7 Å². The van der Waals surface area contributed by atoms with Gasteiger partial charge in [0, 0.05) is 0 Å². The van der Waals surface area contributed by atoms with E-state index in [1.165, 1.54) is 25.7 Å². The van der Waals surface area contributed by atoms with Crippen LogP contribution < -0.4 is 37.7 Å². The molecule has 2 rings (SSSR count). The zero-order valence-corrected chi connectivity index (χ0v) is 6.56. The summed E-state index contributed by atoms with van der Waals surface area (Å²) in [6, 6.07) is 0. The monoisotopic (exact) mass is 109 g/mol. The van der Waals surface area contributed by atoms with Crippen molar-refractivity contribution in [2.45, 2.75) is 25.7 Å². The average Bonchev–Trinajstić information content (AvgIpc) is 2.22. The molecule has 0 aromatic heterocycles. The minimum atomic E-state index is 0. The summed E-state index contributed by atoms with van der Waals surface area (Å²) in [5.74, 6) is 2.09. The number of hydrogen-bond donors (Lipinski definition) is 0.